The number of carbonyl (C=O) groups excluding carboxylic acids is 1. The van der Waals surface area contributed by atoms with Crippen LogP contribution in [0, 0.1) is 0 Å². The van der Waals surface area contributed by atoms with Crippen LogP contribution in [0.3, 0.4) is 0 Å². The quantitative estimate of drug-likeness (QED) is 0.829. The van der Waals surface area contributed by atoms with Crippen LogP contribution in [0.15, 0.2) is 24.3 Å². The van der Waals surface area contributed by atoms with Crippen molar-refractivity contribution in [1.82, 2.24) is 9.88 Å². The molecule has 0 radical (unpaired) electrons. The third-order valence-electron chi connectivity index (χ3n) is 3.46. The summed E-state index contributed by atoms with van der Waals surface area (Å²) < 4.78 is 39.7. The lowest BCUT2D eigenvalue weighted by Gasteiger charge is -2.07. The van der Waals surface area contributed by atoms with Crippen molar-refractivity contribution in [3.8, 4) is 0 Å². The molecule has 124 valence electrons. The minimum absolute atomic E-state index is 0.0651. The number of aryl methyl sites for hydroxylation is 1. The second kappa shape index (κ2) is 6.31. The molecule has 2 aromatic rings. The summed E-state index contributed by atoms with van der Waals surface area (Å²) in [6.45, 7) is 0.181. The Bertz CT molecular complexity index is 750. The van der Waals surface area contributed by atoms with Gasteiger partial charge in [-0.15, -0.1) is 0 Å². The zero-order valence-electron chi connectivity index (χ0n) is 12.3. The minimum Gasteiger partial charge on any atom is -0.481 e. The summed E-state index contributed by atoms with van der Waals surface area (Å²) in [5, 5.41) is 11.4. The normalized spacial score (nSPS) is 11.7. The SMILES string of the molecule is Cn1c(C(=O)NCCCC(=O)O)cc2cc(C(F)(F)F)ccc21. The minimum atomic E-state index is -4.44. The number of carboxylic acids is 1. The molecule has 0 saturated carbocycles. The van der Waals surface area contributed by atoms with Gasteiger partial charge in [0, 0.05) is 30.9 Å². The summed E-state index contributed by atoms with van der Waals surface area (Å²) >= 11 is 0. The van der Waals surface area contributed by atoms with Crippen LogP contribution in [0.4, 0.5) is 13.2 Å². The first-order valence-corrected chi connectivity index (χ1v) is 6.87. The molecule has 0 aliphatic heterocycles. The molecule has 0 unspecified atom stereocenters. The van der Waals surface area contributed by atoms with E-state index in [0.717, 1.165) is 12.1 Å². The van der Waals surface area contributed by atoms with Gasteiger partial charge in [-0.1, -0.05) is 0 Å². The lowest BCUT2D eigenvalue weighted by Crippen LogP contribution is -2.26. The van der Waals surface area contributed by atoms with Crippen molar-refractivity contribution in [3.05, 3.63) is 35.5 Å². The molecule has 1 heterocycles. The van der Waals surface area contributed by atoms with E-state index in [4.69, 9.17) is 5.11 Å². The molecule has 2 N–H and O–H groups in total. The molecule has 0 aliphatic carbocycles. The number of aromatic nitrogens is 1. The summed E-state index contributed by atoms with van der Waals surface area (Å²) in [5.41, 5.74) is -0.0487. The smallest absolute Gasteiger partial charge is 0.416 e. The van der Waals surface area contributed by atoms with Gasteiger partial charge in [0.25, 0.3) is 5.91 Å². The predicted octanol–water partition coefficient (Wildman–Crippen LogP) is 2.79. The first kappa shape index (κ1) is 16.9. The molecule has 1 amide bonds. The number of carbonyl (C=O) groups is 2. The fourth-order valence-electron chi connectivity index (χ4n) is 2.28. The highest BCUT2D eigenvalue weighted by Crippen LogP contribution is 2.32. The van der Waals surface area contributed by atoms with Gasteiger partial charge in [-0.25, -0.2) is 0 Å². The fourth-order valence-corrected chi connectivity index (χ4v) is 2.28. The van der Waals surface area contributed by atoms with E-state index in [0.29, 0.717) is 10.9 Å². The Morgan fingerprint density at radius 3 is 2.57 bits per heavy atom. The number of hydrogen-bond acceptors (Lipinski definition) is 2. The van der Waals surface area contributed by atoms with E-state index in [9.17, 15) is 22.8 Å². The van der Waals surface area contributed by atoms with E-state index in [1.165, 1.54) is 16.7 Å². The topological polar surface area (TPSA) is 71.3 Å². The van der Waals surface area contributed by atoms with Crippen molar-refractivity contribution < 1.29 is 27.9 Å². The molecule has 1 aromatic carbocycles. The number of amides is 1. The summed E-state index contributed by atoms with van der Waals surface area (Å²) in [5.74, 6) is -1.41. The second-order valence-corrected chi connectivity index (χ2v) is 5.11. The van der Waals surface area contributed by atoms with Gasteiger partial charge in [0.1, 0.15) is 5.69 Å². The maximum Gasteiger partial charge on any atom is 0.416 e. The van der Waals surface area contributed by atoms with E-state index in [-0.39, 0.29) is 25.1 Å². The molecular formula is C15H15F3N2O3. The highest BCUT2D eigenvalue weighted by molar-refractivity contribution is 5.98. The fraction of sp³-hybridized carbons (Fsp3) is 0.333. The zero-order valence-corrected chi connectivity index (χ0v) is 12.3. The Hall–Kier alpha value is -2.51. The molecule has 8 heteroatoms. The number of hydrogen-bond donors (Lipinski definition) is 2. The third-order valence-corrected chi connectivity index (χ3v) is 3.46. The molecule has 23 heavy (non-hydrogen) atoms. The van der Waals surface area contributed by atoms with Crippen LogP contribution in [0.25, 0.3) is 10.9 Å². The van der Waals surface area contributed by atoms with Crippen LogP contribution in [-0.2, 0) is 18.0 Å². The predicted molar refractivity (Wildman–Crippen MR) is 77.1 cm³/mol. The van der Waals surface area contributed by atoms with Gasteiger partial charge >= 0.3 is 12.1 Å². The van der Waals surface area contributed by atoms with Gasteiger partial charge in [-0.05, 0) is 30.7 Å². The van der Waals surface area contributed by atoms with E-state index < -0.39 is 23.6 Å². The molecule has 5 nitrogen and oxygen atoms in total. The first-order valence-electron chi connectivity index (χ1n) is 6.87. The van der Waals surface area contributed by atoms with Crippen LogP contribution in [-0.4, -0.2) is 28.1 Å². The first-order chi connectivity index (χ1) is 10.7. The number of benzene rings is 1. The van der Waals surface area contributed by atoms with E-state index >= 15 is 0 Å². The molecule has 0 saturated heterocycles. The maximum absolute atomic E-state index is 12.7. The number of nitrogens with zero attached hydrogens (tertiary/aromatic N) is 1. The van der Waals surface area contributed by atoms with Crippen molar-refractivity contribution in [2.45, 2.75) is 19.0 Å². The van der Waals surface area contributed by atoms with Crippen LogP contribution < -0.4 is 5.32 Å². The number of aliphatic carboxylic acids is 1. The molecule has 0 fully saturated rings. The van der Waals surface area contributed by atoms with Crippen molar-refractivity contribution in [2.24, 2.45) is 7.05 Å². The average molecular weight is 328 g/mol. The van der Waals surface area contributed by atoms with Crippen molar-refractivity contribution in [3.63, 3.8) is 0 Å². The van der Waals surface area contributed by atoms with E-state index in [2.05, 4.69) is 5.32 Å². The largest absolute Gasteiger partial charge is 0.481 e. The lowest BCUT2D eigenvalue weighted by molar-refractivity contribution is -0.138. The Labute approximate surface area is 129 Å². The highest BCUT2D eigenvalue weighted by atomic mass is 19.4. The monoisotopic (exact) mass is 328 g/mol. The average Bonchev–Trinajstić information content (AvgIpc) is 2.79. The molecular weight excluding hydrogens is 313 g/mol. The number of carboxylic acid groups (broad SMARTS) is 1. The third kappa shape index (κ3) is 3.82. The lowest BCUT2D eigenvalue weighted by atomic mass is 10.1. The van der Waals surface area contributed by atoms with Crippen molar-refractivity contribution in [1.29, 1.82) is 0 Å². The van der Waals surface area contributed by atoms with E-state index in [1.54, 1.807) is 7.05 Å². The number of nitrogens with one attached hydrogen (secondary N) is 1. The van der Waals surface area contributed by atoms with Crippen LogP contribution in [0.5, 0.6) is 0 Å². The van der Waals surface area contributed by atoms with Gasteiger partial charge in [0.15, 0.2) is 0 Å². The molecule has 0 bridgehead atoms. The van der Waals surface area contributed by atoms with Gasteiger partial charge < -0.3 is 15.0 Å². The Balaban J connectivity index is 2.19. The van der Waals surface area contributed by atoms with Crippen molar-refractivity contribution in [2.75, 3.05) is 6.54 Å². The highest BCUT2D eigenvalue weighted by Gasteiger charge is 2.30. The van der Waals surface area contributed by atoms with Gasteiger partial charge in [0.2, 0.25) is 0 Å². The maximum atomic E-state index is 12.7. The molecule has 0 atom stereocenters. The number of halogens is 3. The molecule has 0 aliphatic rings. The summed E-state index contributed by atoms with van der Waals surface area (Å²) in [6, 6.07) is 4.67. The zero-order chi connectivity index (χ0) is 17.2. The standard InChI is InChI=1S/C15H15F3N2O3/c1-20-11-5-4-10(15(16,17)18)7-9(11)8-12(20)14(23)19-6-2-3-13(21)22/h4-5,7-8H,2-3,6H2,1H3,(H,19,23)(H,21,22). The van der Waals surface area contributed by atoms with Crippen LogP contribution >= 0.6 is 0 Å². The Morgan fingerprint density at radius 1 is 1.26 bits per heavy atom. The number of rotatable bonds is 5. The van der Waals surface area contributed by atoms with Gasteiger partial charge in [-0.3, -0.25) is 9.59 Å². The van der Waals surface area contributed by atoms with Crippen LogP contribution in [0.1, 0.15) is 28.9 Å². The molecule has 1 aromatic heterocycles. The molecule has 2 rings (SSSR count). The summed E-state index contributed by atoms with van der Waals surface area (Å²) in [7, 11) is 1.59. The van der Waals surface area contributed by atoms with Crippen molar-refractivity contribution >= 4 is 22.8 Å². The Kier molecular flexibility index (Phi) is 4.63. The summed E-state index contributed by atoms with van der Waals surface area (Å²) in [4.78, 5) is 22.4. The van der Waals surface area contributed by atoms with E-state index in [1.807, 2.05) is 0 Å². The molecule has 0 spiro atoms. The summed E-state index contributed by atoms with van der Waals surface area (Å²) in [6.07, 6.45) is -4.23. The number of alkyl halides is 3. The van der Waals surface area contributed by atoms with Gasteiger partial charge in [-0.2, -0.15) is 13.2 Å². The second-order valence-electron chi connectivity index (χ2n) is 5.11. The van der Waals surface area contributed by atoms with Gasteiger partial charge in [0.05, 0.1) is 5.56 Å². The number of fused-ring (bicyclic) bond motifs is 1. The van der Waals surface area contributed by atoms with Crippen LogP contribution in [0.2, 0.25) is 0 Å². The Morgan fingerprint density at radius 2 is 1.96 bits per heavy atom.